The molecule has 0 radical (unpaired) electrons. The van der Waals surface area contributed by atoms with E-state index >= 15 is 0 Å². The van der Waals surface area contributed by atoms with Crippen molar-refractivity contribution in [1.29, 1.82) is 0 Å². The van der Waals surface area contributed by atoms with Crippen molar-refractivity contribution in [3.63, 3.8) is 0 Å². The predicted octanol–water partition coefficient (Wildman–Crippen LogP) is 3.52. The Labute approximate surface area is 191 Å². The third-order valence-corrected chi connectivity index (χ3v) is 6.60. The van der Waals surface area contributed by atoms with E-state index in [0.717, 1.165) is 44.0 Å². The second-order valence-corrected chi connectivity index (χ2v) is 9.29. The molecule has 2 atom stereocenters. The number of amides is 1. The van der Waals surface area contributed by atoms with Gasteiger partial charge in [-0.15, -0.1) is 0 Å². The van der Waals surface area contributed by atoms with Crippen LogP contribution < -0.4 is 10.8 Å². The highest BCUT2D eigenvalue weighted by Gasteiger charge is 2.23. The molecule has 1 saturated carbocycles. The molecule has 4 rings (SSSR count). The SMILES string of the molecule is O=C(/C=C/c1cnc(N[C@@H]2CCCN(CC3CCCCC3)C2)cn1)NOC1CCCCO1. The van der Waals surface area contributed by atoms with Crippen LogP contribution in [0.25, 0.3) is 6.08 Å². The number of nitrogens with one attached hydrogen (secondary N) is 2. The van der Waals surface area contributed by atoms with Crippen molar-refractivity contribution in [3.8, 4) is 0 Å². The van der Waals surface area contributed by atoms with Crippen LogP contribution in [-0.2, 0) is 14.4 Å². The summed E-state index contributed by atoms with van der Waals surface area (Å²) in [4.78, 5) is 28.7. The Morgan fingerprint density at radius 3 is 2.75 bits per heavy atom. The molecule has 8 heteroatoms. The van der Waals surface area contributed by atoms with Gasteiger partial charge in [0.2, 0.25) is 0 Å². The monoisotopic (exact) mass is 443 g/mol. The van der Waals surface area contributed by atoms with Gasteiger partial charge in [-0.05, 0) is 57.1 Å². The molecular weight excluding hydrogens is 406 g/mol. The zero-order chi connectivity index (χ0) is 22.0. The predicted molar refractivity (Wildman–Crippen MR) is 124 cm³/mol. The van der Waals surface area contributed by atoms with E-state index in [2.05, 4.69) is 25.7 Å². The summed E-state index contributed by atoms with van der Waals surface area (Å²) in [5.74, 6) is 1.32. The van der Waals surface area contributed by atoms with E-state index < -0.39 is 0 Å². The lowest BCUT2D eigenvalue weighted by atomic mass is 9.88. The first-order valence-corrected chi connectivity index (χ1v) is 12.3. The number of hydrogen-bond acceptors (Lipinski definition) is 7. The first-order valence-electron chi connectivity index (χ1n) is 12.3. The van der Waals surface area contributed by atoms with Crippen molar-refractivity contribution in [1.82, 2.24) is 20.3 Å². The Morgan fingerprint density at radius 1 is 1.09 bits per heavy atom. The van der Waals surface area contributed by atoms with E-state index in [-0.39, 0.29) is 12.2 Å². The third kappa shape index (κ3) is 7.53. The van der Waals surface area contributed by atoms with Gasteiger partial charge in [-0.25, -0.2) is 15.3 Å². The van der Waals surface area contributed by atoms with Crippen LogP contribution in [-0.4, -0.2) is 59.3 Å². The maximum absolute atomic E-state index is 11.9. The molecule has 176 valence electrons. The van der Waals surface area contributed by atoms with Crippen molar-refractivity contribution >= 4 is 17.8 Å². The number of carbonyl (C=O) groups excluding carboxylic acids is 1. The Bertz CT molecular complexity index is 730. The van der Waals surface area contributed by atoms with Crippen LogP contribution in [0, 0.1) is 5.92 Å². The number of hydroxylamine groups is 1. The molecule has 8 nitrogen and oxygen atoms in total. The molecule has 0 aromatic carbocycles. The van der Waals surface area contributed by atoms with Crippen molar-refractivity contribution < 1.29 is 14.4 Å². The molecule has 3 heterocycles. The number of aromatic nitrogens is 2. The highest BCUT2D eigenvalue weighted by Crippen LogP contribution is 2.26. The third-order valence-electron chi connectivity index (χ3n) is 6.60. The normalized spacial score (nSPS) is 25.6. The lowest BCUT2D eigenvalue weighted by Crippen LogP contribution is -2.44. The molecule has 2 N–H and O–H groups in total. The number of nitrogens with zero attached hydrogens (tertiary/aromatic N) is 3. The summed E-state index contributed by atoms with van der Waals surface area (Å²) in [7, 11) is 0. The van der Waals surface area contributed by atoms with Gasteiger partial charge >= 0.3 is 0 Å². The molecule has 1 aromatic rings. The highest BCUT2D eigenvalue weighted by atomic mass is 16.8. The molecule has 0 spiro atoms. The molecule has 2 saturated heterocycles. The van der Waals surface area contributed by atoms with Crippen molar-refractivity contribution in [3.05, 3.63) is 24.2 Å². The lowest BCUT2D eigenvalue weighted by Gasteiger charge is -2.36. The number of ether oxygens (including phenoxy) is 1. The van der Waals surface area contributed by atoms with E-state index in [4.69, 9.17) is 9.57 Å². The summed E-state index contributed by atoms with van der Waals surface area (Å²) >= 11 is 0. The minimum absolute atomic E-state index is 0.344. The summed E-state index contributed by atoms with van der Waals surface area (Å²) in [6.45, 7) is 4.20. The Hall–Kier alpha value is -2.03. The lowest BCUT2D eigenvalue weighted by molar-refractivity contribution is -0.198. The minimum atomic E-state index is -0.357. The summed E-state index contributed by atoms with van der Waals surface area (Å²) in [5.41, 5.74) is 3.03. The van der Waals surface area contributed by atoms with Crippen LogP contribution in [0.1, 0.15) is 69.9 Å². The van der Waals surface area contributed by atoms with Gasteiger partial charge in [0.15, 0.2) is 6.29 Å². The fraction of sp³-hybridized carbons (Fsp3) is 0.708. The maximum atomic E-state index is 11.9. The van der Waals surface area contributed by atoms with Crippen LogP contribution in [0.5, 0.6) is 0 Å². The molecule has 3 fully saturated rings. The van der Waals surface area contributed by atoms with E-state index in [9.17, 15) is 4.79 Å². The van der Waals surface area contributed by atoms with Crippen molar-refractivity contribution in [2.75, 3.05) is 31.6 Å². The van der Waals surface area contributed by atoms with Gasteiger partial charge < -0.3 is 15.0 Å². The van der Waals surface area contributed by atoms with Crippen LogP contribution in [0.4, 0.5) is 5.82 Å². The summed E-state index contributed by atoms with van der Waals surface area (Å²) in [6.07, 6.45) is 18.4. The van der Waals surface area contributed by atoms with Gasteiger partial charge in [0.1, 0.15) is 5.82 Å². The van der Waals surface area contributed by atoms with Gasteiger partial charge in [-0.3, -0.25) is 9.78 Å². The number of piperidine rings is 1. The largest absolute Gasteiger partial charge is 0.365 e. The average Bonchev–Trinajstić information content (AvgIpc) is 2.84. The average molecular weight is 444 g/mol. The van der Waals surface area contributed by atoms with E-state index in [0.29, 0.717) is 18.3 Å². The van der Waals surface area contributed by atoms with Gasteiger partial charge in [0.25, 0.3) is 5.91 Å². The highest BCUT2D eigenvalue weighted by molar-refractivity contribution is 5.90. The standard InChI is InChI=1S/C24H37N5O3/c30-23(28-32-24-10-4-5-14-31-24)12-11-20-15-26-22(16-25-20)27-21-9-6-13-29(18-21)17-19-7-2-1-3-8-19/h11-12,15-16,19,21,24H,1-10,13-14,17-18H2,(H,26,27)(H,28,30)/b12-11+/t21-,24?/m1/s1. The van der Waals surface area contributed by atoms with Gasteiger partial charge in [-0.2, -0.15) is 0 Å². The Morgan fingerprint density at radius 2 is 1.97 bits per heavy atom. The first-order chi connectivity index (χ1) is 15.7. The molecule has 32 heavy (non-hydrogen) atoms. The molecule has 1 aromatic heterocycles. The topological polar surface area (TPSA) is 88.6 Å². The maximum Gasteiger partial charge on any atom is 0.267 e. The second-order valence-electron chi connectivity index (χ2n) is 9.29. The fourth-order valence-corrected chi connectivity index (χ4v) is 4.90. The van der Waals surface area contributed by atoms with Gasteiger partial charge in [0, 0.05) is 38.2 Å². The second kappa shape index (κ2) is 12.3. The summed E-state index contributed by atoms with van der Waals surface area (Å²) < 4.78 is 5.42. The fourth-order valence-electron chi connectivity index (χ4n) is 4.90. The Kier molecular flexibility index (Phi) is 8.88. The summed E-state index contributed by atoms with van der Waals surface area (Å²) in [5, 5.41) is 3.54. The molecular formula is C24H37N5O3. The van der Waals surface area contributed by atoms with E-state index in [1.54, 1.807) is 18.5 Å². The smallest absolute Gasteiger partial charge is 0.267 e. The van der Waals surface area contributed by atoms with E-state index in [1.807, 2.05) is 0 Å². The number of likely N-dealkylation sites (tertiary alicyclic amines) is 1. The number of anilines is 1. The minimum Gasteiger partial charge on any atom is -0.365 e. The quantitative estimate of drug-likeness (QED) is 0.469. The molecule has 1 amide bonds. The van der Waals surface area contributed by atoms with Crippen LogP contribution in [0.2, 0.25) is 0 Å². The van der Waals surface area contributed by atoms with Gasteiger partial charge in [0.05, 0.1) is 18.1 Å². The molecule has 3 aliphatic rings. The summed E-state index contributed by atoms with van der Waals surface area (Å²) in [6, 6.07) is 0.410. The van der Waals surface area contributed by atoms with E-state index in [1.165, 1.54) is 57.7 Å². The Balaban J connectivity index is 1.19. The van der Waals surface area contributed by atoms with Gasteiger partial charge in [-0.1, -0.05) is 19.3 Å². The zero-order valence-electron chi connectivity index (χ0n) is 19.0. The molecule has 0 bridgehead atoms. The number of carbonyl (C=O) groups is 1. The van der Waals surface area contributed by atoms with Crippen LogP contribution in [0.3, 0.4) is 0 Å². The molecule has 1 aliphatic carbocycles. The number of hydrogen-bond donors (Lipinski definition) is 2. The first kappa shape index (κ1) is 23.1. The molecule has 2 aliphatic heterocycles. The van der Waals surface area contributed by atoms with Crippen molar-refractivity contribution in [2.24, 2.45) is 5.92 Å². The van der Waals surface area contributed by atoms with Crippen molar-refractivity contribution in [2.45, 2.75) is 76.5 Å². The van der Waals surface area contributed by atoms with Crippen LogP contribution >= 0.6 is 0 Å². The molecule has 1 unspecified atom stereocenters. The zero-order valence-corrected chi connectivity index (χ0v) is 19.0. The van der Waals surface area contributed by atoms with Crippen LogP contribution in [0.15, 0.2) is 18.5 Å². The number of rotatable bonds is 8.